The summed E-state index contributed by atoms with van der Waals surface area (Å²) in [6.45, 7) is 8.40. The fourth-order valence-corrected chi connectivity index (χ4v) is 4.09. The first-order valence-electron chi connectivity index (χ1n) is 7.15. The third kappa shape index (κ3) is 3.95. The molecule has 6 heteroatoms. The van der Waals surface area contributed by atoms with Gasteiger partial charge in [0.2, 0.25) is 0 Å². The van der Waals surface area contributed by atoms with Gasteiger partial charge in [-0.15, -0.1) is 11.3 Å². The van der Waals surface area contributed by atoms with Crippen molar-refractivity contribution in [3.8, 4) is 0 Å². The van der Waals surface area contributed by atoms with Crippen LogP contribution in [0.1, 0.15) is 35.5 Å². The number of piperidine rings is 1. The zero-order chi connectivity index (χ0) is 15.6. The Kier molecular flexibility index (Phi) is 5.22. The first-order valence-corrected chi connectivity index (χ1v) is 8.37. The average molecular weight is 326 g/mol. The molecule has 0 aliphatic carbocycles. The number of rotatable bonds is 2. The summed E-state index contributed by atoms with van der Waals surface area (Å²) in [5.74, 6) is 0.947. The second-order valence-electron chi connectivity index (χ2n) is 5.87. The summed E-state index contributed by atoms with van der Waals surface area (Å²) in [6, 6.07) is 1.84. The maximum absolute atomic E-state index is 11.8. The minimum Gasteiger partial charge on any atom is -0.465 e. The van der Waals surface area contributed by atoms with Crippen LogP contribution in [0.15, 0.2) is 6.07 Å². The van der Waals surface area contributed by atoms with E-state index in [4.69, 9.17) is 17.0 Å². The van der Waals surface area contributed by atoms with Crippen LogP contribution in [0.2, 0.25) is 0 Å². The van der Waals surface area contributed by atoms with Crippen molar-refractivity contribution in [2.75, 3.05) is 25.5 Å². The Balaban J connectivity index is 2.11. The van der Waals surface area contributed by atoms with Gasteiger partial charge in [-0.25, -0.2) is 4.79 Å². The van der Waals surface area contributed by atoms with Crippen LogP contribution >= 0.6 is 23.6 Å². The highest BCUT2D eigenvalue weighted by Gasteiger charge is 2.25. The Morgan fingerprint density at radius 3 is 2.62 bits per heavy atom. The average Bonchev–Trinajstić information content (AvgIpc) is 2.77. The molecule has 1 aliphatic rings. The van der Waals surface area contributed by atoms with E-state index in [-0.39, 0.29) is 5.97 Å². The largest absolute Gasteiger partial charge is 0.465 e. The minimum atomic E-state index is -0.329. The number of anilines is 1. The van der Waals surface area contributed by atoms with Crippen LogP contribution in [-0.4, -0.2) is 36.2 Å². The fourth-order valence-electron chi connectivity index (χ4n) is 2.87. The van der Waals surface area contributed by atoms with Crippen molar-refractivity contribution in [1.29, 1.82) is 0 Å². The molecule has 21 heavy (non-hydrogen) atoms. The molecule has 0 radical (unpaired) electrons. The Hall–Kier alpha value is -1.14. The van der Waals surface area contributed by atoms with Crippen LogP contribution in [0.4, 0.5) is 5.00 Å². The summed E-state index contributed by atoms with van der Waals surface area (Å²) in [5, 5.41) is 4.70. The molecule has 4 nitrogen and oxygen atoms in total. The lowest BCUT2D eigenvalue weighted by Gasteiger charge is -2.36. The quantitative estimate of drug-likeness (QED) is 0.665. The van der Waals surface area contributed by atoms with Gasteiger partial charge in [-0.1, -0.05) is 13.8 Å². The van der Waals surface area contributed by atoms with Crippen molar-refractivity contribution in [3.63, 3.8) is 0 Å². The van der Waals surface area contributed by atoms with Crippen LogP contribution in [0, 0.1) is 18.8 Å². The molecule has 0 bridgehead atoms. The minimum absolute atomic E-state index is 0.329. The van der Waals surface area contributed by atoms with Crippen molar-refractivity contribution in [2.45, 2.75) is 27.2 Å². The van der Waals surface area contributed by atoms with Gasteiger partial charge in [0.1, 0.15) is 5.00 Å². The maximum atomic E-state index is 11.8. The summed E-state index contributed by atoms with van der Waals surface area (Å²) in [7, 11) is 1.39. The molecule has 0 amide bonds. The Morgan fingerprint density at radius 2 is 2.05 bits per heavy atom. The molecule has 0 aromatic carbocycles. The van der Waals surface area contributed by atoms with E-state index in [9.17, 15) is 4.79 Å². The number of aryl methyl sites for hydroxylation is 1. The Labute approximate surface area is 135 Å². The van der Waals surface area contributed by atoms with Crippen molar-refractivity contribution in [3.05, 3.63) is 16.5 Å². The number of nitrogens with one attached hydrogen (secondary N) is 1. The van der Waals surface area contributed by atoms with E-state index in [0.717, 1.165) is 23.0 Å². The number of ether oxygens (including phenoxy) is 1. The number of nitrogens with zero attached hydrogens (tertiary/aromatic N) is 1. The Morgan fingerprint density at radius 1 is 1.43 bits per heavy atom. The van der Waals surface area contributed by atoms with Gasteiger partial charge in [0, 0.05) is 18.0 Å². The molecule has 0 spiro atoms. The predicted octanol–water partition coefficient (Wildman–Crippen LogP) is 3.52. The molecule has 2 atom stereocenters. The van der Waals surface area contributed by atoms with Crippen LogP contribution in [0.3, 0.4) is 0 Å². The van der Waals surface area contributed by atoms with Crippen LogP contribution in [0.25, 0.3) is 0 Å². The van der Waals surface area contributed by atoms with Gasteiger partial charge in [0.25, 0.3) is 0 Å². The highest BCUT2D eigenvalue weighted by atomic mass is 32.1. The molecular weight excluding hydrogens is 304 g/mol. The molecule has 0 saturated carbocycles. The highest BCUT2D eigenvalue weighted by Crippen LogP contribution is 2.29. The molecule has 2 rings (SSSR count). The molecular formula is C15H22N2O2S2. The summed E-state index contributed by atoms with van der Waals surface area (Å²) < 4.78 is 4.82. The number of thiocarbonyl (C=S) groups is 1. The molecule has 1 aromatic rings. The second-order valence-corrected chi connectivity index (χ2v) is 7.52. The van der Waals surface area contributed by atoms with E-state index < -0.39 is 0 Å². The van der Waals surface area contributed by atoms with Crippen molar-refractivity contribution in [2.24, 2.45) is 11.8 Å². The third-order valence-corrected chi connectivity index (χ3v) is 4.96. The number of likely N-dealkylation sites (tertiary alicyclic amines) is 1. The van der Waals surface area contributed by atoms with Gasteiger partial charge >= 0.3 is 5.97 Å². The molecule has 1 aliphatic heterocycles. The van der Waals surface area contributed by atoms with Crippen molar-refractivity contribution < 1.29 is 9.53 Å². The van der Waals surface area contributed by atoms with Gasteiger partial charge in [0.15, 0.2) is 5.11 Å². The van der Waals surface area contributed by atoms with E-state index in [0.29, 0.717) is 22.5 Å². The second kappa shape index (κ2) is 6.75. The fraction of sp³-hybridized carbons (Fsp3) is 0.600. The molecule has 2 heterocycles. The lowest BCUT2D eigenvalue weighted by Crippen LogP contribution is -2.44. The molecule has 1 fully saturated rings. The molecule has 2 unspecified atom stereocenters. The van der Waals surface area contributed by atoms with E-state index in [1.165, 1.54) is 24.9 Å². The van der Waals surface area contributed by atoms with Gasteiger partial charge < -0.3 is 15.0 Å². The topological polar surface area (TPSA) is 41.6 Å². The summed E-state index contributed by atoms with van der Waals surface area (Å²) in [6.07, 6.45) is 1.24. The first-order chi connectivity index (χ1) is 9.90. The number of carbonyl (C=O) groups excluding carboxylic acids is 1. The van der Waals surface area contributed by atoms with Gasteiger partial charge in [-0.2, -0.15) is 0 Å². The number of esters is 1. The molecule has 116 valence electrons. The first kappa shape index (κ1) is 16.2. The summed E-state index contributed by atoms with van der Waals surface area (Å²) in [4.78, 5) is 15.1. The van der Waals surface area contributed by atoms with Crippen LogP contribution < -0.4 is 5.32 Å². The number of hydrogen-bond donors (Lipinski definition) is 1. The SMILES string of the molecule is COC(=O)c1cc(C)sc1NC(=S)N1CC(C)CC(C)C1. The van der Waals surface area contributed by atoms with E-state index >= 15 is 0 Å². The van der Waals surface area contributed by atoms with Crippen LogP contribution in [0.5, 0.6) is 0 Å². The van der Waals surface area contributed by atoms with E-state index in [1.54, 1.807) is 0 Å². The predicted molar refractivity (Wildman–Crippen MR) is 91.1 cm³/mol. The molecule has 1 aromatic heterocycles. The van der Waals surface area contributed by atoms with E-state index in [2.05, 4.69) is 24.1 Å². The third-order valence-electron chi connectivity index (χ3n) is 3.64. The maximum Gasteiger partial charge on any atom is 0.340 e. The monoisotopic (exact) mass is 326 g/mol. The van der Waals surface area contributed by atoms with Crippen LogP contribution in [-0.2, 0) is 4.74 Å². The number of methoxy groups -OCH3 is 1. The van der Waals surface area contributed by atoms with Gasteiger partial charge in [-0.3, -0.25) is 0 Å². The lowest BCUT2D eigenvalue weighted by atomic mass is 9.92. The zero-order valence-electron chi connectivity index (χ0n) is 12.9. The standard InChI is InChI=1S/C15H22N2O2S2/c1-9-5-10(2)8-17(7-9)15(20)16-13-12(14(18)19-4)6-11(3)21-13/h6,9-10H,5,7-8H2,1-4H3,(H,16,20). The van der Waals surface area contributed by atoms with Crippen molar-refractivity contribution in [1.82, 2.24) is 4.90 Å². The zero-order valence-corrected chi connectivity index (χ0v) is 14.6. The van der Waals surface area contributed by atoms with Gasteiger partial charge in [0.05, 0.1) is 12.7 Å². The molecule has 1 N–H and O–H groups in total. The number of carbonyl (C=O) groups is 1. The Bertz CT molecular complexity index is 532. The number of thiophene rings is 1. The summed E-state index contributed by atoms with van der Waals surface area (Å²) in [5.41, 5.74) is 0.556. The lowest BCUT2D eigenvalue weighted by molar-refractivity contribution is 0.0602. The smallest absolute Gasteiger partial charge is 0.340 e. The highest BCUT2D eigenvalue weighted by molar-refractivity contribution is 7.80. The van der Waals surface area contributed by atoms with Crippen molar-refractivity contribution >= 4 is 39.6 Å². The van der Waals surface area contributed by atoms with Gasteiger partial charge in [-0.05, 0) is 43.5 Å². The normalized spacial score (nSPS) is 22.0. The van der Waals surface area contributed by atoms with E-state index in [1.807, 2.05) is 13.0 Å². The molecule has 1 saturated heterocycles. The number of hydrogen-bond acceptors (Lipinski definition) is 4. The summed E-state index contributed by atoms with van der Waals surface area (Å²) >= 11 is 7.05.